The zero-order valence-corrected chi connectivity index (χ0v) is 10.3. The van der Waals surface area contributed by atoms with Crippen LogP contribution >= 0.6 is 0 Å². The minimum Gasteiger partial charge on any atom is -0.322 e. The van der Waals surface area contributed by atoms with Crippen molar-refractivity contribution in [1.29, 1.82) is 0 Å². The Balaban J connectivity index is 4.60. The van der Waals surface area contributed by atoms with Gasteiger partial charge in [0.2, 0.25) is 0 Å². The molecule has 2 atom stereocenters. The van der Waals surface area contributed by atoms with E-state index in [0.29, 0.717) is 6.42 Å². The van der Waals surface area contributed by atoms with Gasteiger partial charge in [-0.1, -0.05) is 6.92 Å². The number of hydrogen-bond donors (Lipinski definition) is 2. The first-order valence-corrected chi connectivity index (χ1v) is 5.30. The molecule has 0 heterocycles. The summed E-state index contributed by atoms with van der Waals surface area (Å²) in [6.07, 6.45) is 0.636. The van der Waals surface area contributed by atoms with Crippen molar-refractivity contribution in [2.24, 2.45) is 5.73 Å². The second-order valence-electron chi connectivity index (χ2n) is 4.48. The molecule has 0 aliphatic carbocycles. The SMILES string of the molecule is CCC(NC(C)(C)C(C)=O)C(=O)C(C)N. The van der Waals surface area contributed by atoms with Gasteiger partial charge in [-0.2, -0.15) is 0 Å². The quantitative estimate of drug-likeness (QED) is 0.680. The van der Waals surface area contributed by atoms with E-state index in [1.807, 2.05) is 6.92 Å². The predicted octanol–water partition coefficient (Wildman–Crippen LogP) is 0.639. The van der Waals surface area contributed by atoms with Gasteiger partial charge in [0.15, 0.2) is 5.78 Å². The summed E-state index contributed by atoms with van der Waals surface area (Å²) in [5.74, 6) is -0.0368. The Morgan fingerprint density at radius 2 is 1.87 bits per heavy atom. The molecule has 0 aromatic carbocycles. The maximum absolute atomic E-state index is 11.7. The highest BCUT2D eigenvalue weighted by Gasteiger charge is 2.30. The Labute approximate surface area is 91.6 Å². The molecule has 0 aliphatic rings. The molecular formula is C11H22N2O2. The Bertz CT molecular complexity index is 247. The van der Waals surface area contributed by atoms with E-state index >= 15 is 0 Å². The van der Waals surface area contributed by atoms with Gasteiger partial charge in [0.05, 0.1) is 17.6 Å². The van der Waals surface area contributed by atoms with E-state index in [1.54, 1.807) is 20.8 Å². The highest BCUT2D eigenvalue weighted by atomic mass is 16.1. The molecule has 3 N–H and O–H groups in total. The fraction of sp³-hybridized carbons (Fsp3) is 0.818. The second kappa shape index (κ2) is 5.37. The van der Waals surface area contributed by atoms with Gasteiger partial charge in [-0.3, -0.25) is 14.9 Å². The molecule has 4 heteroatoms. The van der Waals surface area contributed by atoms with Crippen LogP contribution in [0.15, 0.2) is 0 Å². The van der Waals surface area contributed by atoms with Crippen LogP contribution in [0.1, 0.15) is 41.0 Å². The molecule has 0 saturated heterocycles. The van der Waals surface area contributed by atoms with Crippen molar-refractivity contribution in [2.45, 2.75) is 58.7 Å². The largest absolute Gasteiger partial charge is 0.322 e. The predicted molar refractivity (Wildman–Crippen MR) is 60.6 cm³/mol. The molecule has 88 valence electrons. The molecule has 0 aromatic heterocycles. The van der Waals surface area contributed by atoms with Crippen molar-refractivity contribution < 1.29 is 9.59 Å². The lowest BCUT2D eigenvalue weighted by atomic mass is 9.95. The molecule has 0 fully saturated rings. The van der Waals surface area contributed by atoms with Crippen molar-refractivity contribution in [3.05, 3.63) is 0 Å². The van der Waals surface area contributed by atoms with Gasteiger partial charge < -0.3 is 5.73 Å². The summed E-state index contributed by atoms with van der Waals surface area (Å²) in [5, 5.41) is 3.04. The number of Topliss-reactive ketones (excluding diaryl/α,β-unsaturated/α-hetero) is 2. The first-order chi connectivity index (χ1) is 6.72. The van der Waals surface area contributed by atoms with Crippen molar-refractivity contribution in [1.82, 2.24) is 5.32 Å². The van der Waals surface area contributed by atoms with Gasteiger partial charge in [-0.05, 0) is 34.1 Å². The highest BCUT2D eigenvalue weighted by Crippen LogP contribution is 2.08. The number of hydrogen-bond acceptors (Lipinski definition) is 4. The van der Waals surface area contributed by atoms with Gasteiger partial charge in [0.25, 0.3) is 0 Å². The van der Waals surface area contributed by atoms with E-state index in [1.165, 1.54) is 6.92 Å². The fourth-order valence-corrected chi connectivity index (χ4v) is 1.23. The van der Waals surface area contributed by atoms with E-state index in [2.05, 4.69) is 5.32 Å². The molecule has 0 saturated carbocycles. The van der Waals surface area contributed by atoms with Gasteiger partial charge >= 0.3 is 0 Å². The van der Waals surface area contributed by atoms with Gasteiger partial charge in [0, 0.05) is 0 Å². The Hall–Kier alpha value is -0.740. The van der Waals surface area contributed by atoms with Crippen LogP contribution in [0.5, 0.6) is 0 Å². The molecular weight excluding hydrogens is 192 g/mol. The average molecular weight is 214 g/mol. The van der Waals surface area contributed by atoms with E-state index in [0.717, 1.165) is 0 Å². The Kier molecular flexibility index (Phi) is 5.11. The highest BCUT2D eigenvalue weighted by molar-refractivity contribution is 5.90. The van der Waals surface area contributed by atoms with Crippen LogP contribution in [0.3, 0.4) is 0 Å². The van der Waals surface area contributed by atoms with E-state index < -0.39 is 11.6 Å². The van der Waals surface area contributed by atoms with Crippen molar-refractivity contribution in [3.8, 4) is 0 Å². The maximum Gasteiger partial charge on any atom is 0.166 e. The van der Waals surface area contributed by atoms with Gasteiger partial charge in [-0.25, -0.2) is 0 Å². The summed E-state index contributed by atoms with van der Waals surface area (Å²) in [6.45, 7) is 8.61. The first-order valence-electron chi connectivity index (χ1n) is 5.30. The maximum atomic E-state index is 11.7. The third-order valence-electron chi connectivity index (χ3n) is 2.62. The molecule has 0 rings (SSSR count). The topological polar surface area (TPSA) is 72.2 Å². The number of carbonyl (C=O) groups excluding carboxylic acids is 2. The molecule has 0 aromatic rings. The fourth-order valence-electron chi connectivity index (χ4n) is 1.23. The smallest absolute Gasteiger partial charge is 0.166 e. The van der Waals surface area contributed by atoms with Crippen molar-refractivity contribution in [3.63, 3.8) is 0 Å². The summed E-state index contributed by atoms with van der Waals surface area (Å²) >= 11 is 0. The Morgan fingerprint density at radius 3 is 2.13 bits per heavy atom. The van der Waals surface area contributed by atoms with Crippen LogP contribution in [-0.2, 0) is 9.59 Å². The lowest BCUT2D eigenvalue weighted by Gasteiger charge is -2.29. The molecule has 4 nitrogen and oxygen atoms in total. The van der Waals surface area contributed by atoms with E-state index in [-0.39, 0.29) is 17.6 Å². The summed E-state index contributed by atoms with van der Waals surface area (Å²) in [5.41, 5.74) is 4.86. The standard InChI is InChI=1S/C11H22N2O2/c1-6-9(10(15)7(2)12)13-11(4,5)8(3)14/h7,9,13H,6,12H2,1-5H3. The third kappa shape index (κ3) is 4.10. The van der Waals surface area contributed by atoms with Crippen LogP contribution < -0.4 is 11.1 Å². The van der Waals surface area contributed by atoms with Crippen molar-refractivity contribution in [2.75, 3.05) is 0 Å². The number of ketones is 2. The van der Waals surface area contributed by atoms with E-state index in [4.69, 9.17) is 5.73 Å². The summed E-state index contributed by atoms with van der Waals surface area (Å²) in [6, 6.07) is -0.839. The zero-order chi connectivity index (χ0) is 12.2. The molecule has 0 spiro atoms. The van der Waals surface area contributed by atoms with E-state index in [9.17, 15) is 9.59 Å². The van der Waals surface area contributed by atoms with Gasteiger partial charge in [0.1, 0.15) is 5.78 Å². The van der Waals surface area contributed by atoms with Crippen LogP contribution in [0.2, 0.25) is 0 Å². The van der Waals surface area contributed by atoms with Crippen LogP contribution in [-0.4, -0.2) is 29.2 Å². The summed E-state index contributed by atoms with van der Waals surface area (Å²) in [7, 11) is 0. The van der Waals surface area contributed by atoms with Gasteiger partial charge in [-0.15, -0.1) is 0 Å². The molecule has 0 bridgehead atoms. The number of carbonyl (C=O) groups is 2. The number of nitrogens with one attached hydrogen (secondary N) is 1. The minimum atomic E-state index is -0.675. The summed E-state index contributed by atoms with van der Waals surface area (Å²) in [4.78, 5) is 23.0. The van der Waals surface area contributed by atoms with Crippen LogP contribution in [0, 0.1) is 0 Å². The lowest BCUT2D eigenvalue weighted by Crippen LogP contribution is -2.55. The number of rotatable bonds is 6. The average Bonchev–Trinajstić information content (AvgIpc) is 2.12. The van der Waals surface area contributed by atoms with Crippen LogP contribution in [0.4, 0.5) is 0 Å². The monoisotopic (exact) mass is 214 g/mol. The van der Waals surface area contributed by atoms with Crippen molar-refractivity contribution >= 4 is 11.6 Å². The second-order valence-corrected chi connectivity index (χ2v) is 4.48. The molecule has 15 heavy (non-hydrogen) atoms. The third-order valence-corrected chi connectivity index (χ3v) is 2.62. The minimum absolute atomic E-state index is 0.0124. The van der Waals surface area contributed by atoms with Crippen LogP contribution in [0.25, 0.3) is 0 Å². The lowest BCUT2D eigenvalue weighted by molar-refractivity contribution is -0.125. The Morgan fingerprint density at radius 1 is 1.40 bits per heavy atom. The number of nitrogens with two attached hydrogens (primary N) is 1. The normalized spacial score (nSPS) is 15.9. The molecule has 0 radical (unpaired) electrons. The molecule has 0 amide bonds. The zero-order valence-electron chi connectivity index (χ0n) is 10.3. The summed E-state index contributed by atoms with van der Waals surface area (Å²) < 4.78 is 0. The first kappa shape index (κ1) is 14.3. The molecule has 2 unspecified atom stereocenters. The molecule has 0 aliphatic heterocycles.